The number of likely N-dealkylation sites (N-methyl/N-ethyl adjacent to an activating group) is 1. The van der Waals surface area contributed by atoms with Gasteiger partial charge in [0.2, 0.25) is 10.0 Å². The highest BCUT2D eigenvalue weighted by molar-refractivity contribution is 7.89. The Labute approximate surface area is 202 Å². The average molecular weight is 499 g/mol. The van der Waals surface area contributed by atoms with Crippen molar-refractivity contribution in [3.8, 4) is 0 Å². The van der Waals surface area contributed by atoms with Crippen LogP contribution >= 0.6 is 11.6 Å². The van der Waals surface area contributed by atoms with Crippen LogP contribution < -0.4 is 0 Å². The topological polar surface area (TPSA) is 73.4 Å². The van der Waals surface area contributed by atoms with Gasteiger partial charge in [0.25, 0.3) is 0 Å². The van der Waals surface area contributed by atoms with Gasteiger partial charge < -0.3 is 14.5 Å². The smallest absolute Gasteiger partial charge is 0.409 e. The first-order valence-corrected chi connectivity index (χ1v) is 13.7. The van der Waals surface area contributed by atoms with E-state index in [-0.39, 0.29) is 29.7 Å². The fourth-order valence-electron chi connectivity index (χ4n) is 5.23. The first kappa shape index (κ1) is 24.7. The van der Waals surface area contributed by atoms with Crippen LogP contribution in [-0.2, 0) is 14.8 Å². The van der Waals surface area contributed by atoms with Gasteiger partial charge in [-0.05, 0) is 57.5 Å². The SMILES string of the molecule is C[C@@H]1CCC[C@H](COC(=O)N2CCC(N3CCN(C)CC3)C2)N1S(=O)(=O)c1ccc(Cl)cc1. The second-order valence-corrected chi connectivity index (χ2v) is 11.8. The Hall–Kier alpha value is -1.39. The zero-order chi connectivity index (χ0) is 23.6. The highest BCUT2D eigenvalue weighted by atomic mass is 35.5. The molecule has 0 aliphatic carbocycles. The third-order valence-corrected chi connectivity index (χ3v) is 9.55. The number of ether oxygens (including phenoxy) is 1. The van der Waals surface area contributed by atoms with Crippen molar-refractivity contribution in [2.24, 2.45) is 0 Å². The summed E-state index contributed by atoms with van der Waals surface area (Å²) in [5, 5.41) is 0.492. The molecule has 10 heteroatoms. The summed E-state index contributed by atoms with van der Waals surface area (Å²) in [6.07, 6.45) is 2.99. The maximum absolute atomic E-state index is 13.4. The summed E-state index contributed by atoms with van der Waals surface area (Å²) < 4.78 is 34.0. The van der Waals surface area contributed by atoms with Crippen molar-refractivity contribution in [3.05, 3.63) is 29.3 Å². The Balaban J connectivity index is 1.36. The van der Waals surface area contributed by atoms with Gasteiger partial charge in [-0.15, -0.1) is 0 Å². The van der Waals surface area contributed by atoms with E-state index in [1.165, 1.54) is 16.4 Å². The van der Waals surface area contributed by atoms with E-state index in [0.717, 1.165) is 45.4 Å². The summed E-state index contributed by atoms with van der Waals surface area (Å²) >= 11 is 5.94. The molecule has 0 aromatic heterocycles. The molecule has 3 saturated heterocycles. The highest BCUT2D eigenvalue weighted by Gasteiger charge is 2.39. The van der Waals surface area contributed by atoms with Gasteiger partial charge in [0.1, 0.15) is 6.61 Å². The molecule has 0 bridgehead atoms. The molecular formula is C23H35ClN4O4S. The number of hydrogen-bond acceptors (Lipinski definition) is 6. The number of benzene rings is 1. The fourth-order valence-corrected chi connectivity index (χ4v) is 7.22. The van der Waals surface area contributed by atoms with E-state index in [4.69, 9.17) is 16.3 Å². The fraction of sp³-hybridized carbons (Fsp3) is 0.696. The summed E-state index contributed by atoms with van der Waals surface area (Å²) in [6.45, 7) is 7.52. The number of amides is 1. The van der Waals surface area contributed by atoms with Crippen molar-refractivity contribution in [3.63, 3.8) is 0 Å². The molecule has 1 unspecified atom stereocenters. The summed E-state index contributed by atoms with van der Waals surface area (Å²) in [7, 11) is -1.58. The normalized spacial score (nSPS) is 28.2. The molecule has 1 aromatic rings. The first-order chi connectivity index (χ1) is 15.8. The number of piperidine rings is 1. The summed E-state index contributed by atoms with van der Waals surface area (Å²) in [6, 6.07) is 6.09. The van der Waals surface area contributed by atoms with Crippen LogP contribution in [0.1, 0.15) is 32.6 Å². The number of hydrogen-bond donors (Lipinski definition) is 0. The van der Waals surface area contributed by atoms with Gasteiger partial charge in [-0.1, -0.05) is 18.0 Å². The molecule has 0 spiro atoms. The summed E-state index contributed by atoms with van der Waals surface area (Å²) in [4.78, 5) is 19.6. The van der Waals surface area contributed by atoms with Crippen LogP contribution in [-0.4, -0.2) is 105 Å². The Morgan fingerprint density at radius 3 is 2.45 bits per heavy atom. The van der Waals surface area contributed by atoms with Gasteiger partial charge >= 0.3 is 6.09 Å². The molecule has 3 aliphatic heterocycles. The predicted molar refractivity (Wildman–Crippen MR) is 128 cm³/mol. The number of halogens is 1. The van der Waals surface area contributed by atoms with Crippen molar-refractivity contribution < 1.29 is 17.9 Å². The van der Waals surface area contributed by atoms with Crippen LogP contribution in [0.15, 0.2) is 29.2 Å². The molecule has 33 heavy (non-hydrogen) atoms. The number of sulfonamides is 1. The van der Waals surface area contributed by atoms with Crippen LogP contribution in [0.3, 0.4) is 0 Å². The van der Waals surface area contributed by atoms with Crippen LogP contribution in [0.5, 0.6) is 0 Å². The van der Waals surface area contributed by atoms with Crippen LogP contribution in [0.25, 0.3) is 0 Å². The molecule has 3 atom stereocenters. The molecule has 3 fully saturated rings. The van der Waals surface area contributed by atoms with E-state index in [9.17, 15) is 13.2 Å². The quantitative estimate of drug-likeness (QED) is 0.621. The van der Waals surface area contributed by atoms with E-state index in [2.05, 4.69) is 16.8 Å². The third-order valence-electron chi connectivity index (χ3n) is 7.22. The molecule has 0 radical (unpaired) electrons. The lowest BCUT2D eigenvalue weighted by atomic mass is 10.0. The van der Waals surface area contributed by atoms with E-state index < -0.39 is 10.0 Å². The van der Waals surface area contributed by atoms with Gasteiger partial charge in [0, 0.05) is 56.4 Å². The summed E-state index contributed by atoms with van der Waals surface area (Å²) in [5.41, 5.74) is 0. The number of rotatable bonds is 5. The van der Waals surface area contributed by atoms with E-state index in [0.29, 0.717) is 30.6 Å². The Morgan fingerprint density at radius 2 is 1.76 bits per heavy atom. The number of carbonyl (C=O) groups excluding carboxylic acids is 1. The van der Waals surface area contributed by atoms with Gasteiger partial charge in [0.05, 0.1) is 10.9 Å². The van der Waals surface area contributed by atoms with Crippen molar-refractivity contribution >= 4 is 27.7 Å². The predicted octanol–water partition coefficient (Wildman–Crippen LogP) is 2.73. The number of nitrogens with zero attached hydrogens (tertiary/aromatic N) is 4. The monoisotopic (exact) mass is 498 g/mol. The van der Waals surface area contributed by atoms with Gasteiger partial charge in [-0.3, -0.25) is 4.90 Å². The minimum Gasteiger partial charge on any atom is -0.448 e. The lowest BCUT2D eigenvalue weighted by molar-refractivity contribution is 0.0653. The minimum absolute atomic E-state index is 0.0751. The van der Waals surface area contributed by atoms with E-state index >= 15 is 0 Å². The van der Waals surface area contributed by atoms with Gasteiger partial charge in [-0.2, -0.15) is 4.31 Å². The molecule has 8 nitrogen and oxygen atoms in total. The molecule has 3 heterocycles. The Morgan fingerprint density at radius 1 is 1.06 bits per heavy atom. The van der Waals surface area contributed by atoms with Crippen molar-refractivity contribution in [2.45, 2.75) is 55.6 Å². The van der Waals surface area contributed by atoms with Crippen molar-refractivity contribution in [1.82, 2.24) is 19.0 Å². The zero-order valence-corrected chi connectivity index (χ0v) is 21.1. The lowest BCUT2D eigenvalue weighted by Gasteiger charge is -2.39. The van der Waals surface area contributed by atoms with Crippen molar-refractivity contribution in [1.29, 1.82) is 0 Å². The van der Waals surface area contributed by atoms with Crippen LogP contribution in [0, 0.1) is 0 Å². The second-order valence-electron chi connectivity index (χ2n) is 9.53. The molecule has 3 aliphatic rings. The van der Waals surface area contributed by atoms with Crippen molar-refractivity contribution in [2.75, 3.05) is 52.9 Å². The number of carbonyl (C=O) groups is 1. The molecule has 184 valence electrons. The minimum atomic E-state index is -3.71. The van der Waals surface area contributed by atoms with Crippen LogP contribution in [0.2, 0.25) is 5.02 Å². The zero-order valence-electron chi connectivity index (χ0n) is 19.5. The van der Waals surface area contributed by atoms with Gasteiger partial charge in [-0.25, -0.2) is 13.2 Å². The Kier molecular flexibility index (Phi) is 7.85. The first-order valence-electron chi connectivity index (χ1n) is 11.9. The maximum Gasteiger partial charge on any atom is 0.409 e. The number of likely N-dealkylation sites (tertiary alicyclic amines) is 1. The van der Waals surface area contributed by atoms with Gasteiger partial charge in [0.15, 0.2) is 0 Å². The van der Waals surface area contributed by atoms with E-state index in [1.54, 1.807) is 17.0 Å². The Bertz CT molecular complexity index is 921. The third kappa shape index (κ3) is 5.65. The molecule has 1 aromatic carbocycles. The molecule has 0 N–H and O–H groups in total. The van der Waals surface area contributed by atoms with E-state index in [1.807, 2.05) is 6.92 Å². The molecule has 1 amide bonds. The second kappa shape index (κ2) is 10.5. The highest BCUT2D eigenvalue weighted by Crippen LogP contribution is 2.30. The number of piperazine rings is 1. The summed E-state index contributed by atoms with van der Waals surface area (Å²) in [5.74, 6) is 0. The molecule has 0 saturated carbocycles. The van der Waals surface area contributed by atoms with Crippen LogP contribution in [0.4, 0.5) is 4.79 Å². The maximum atomic E-state index is 13.4. The molecular weight excluding hydrogens is 464 g/mol. The standard InChI is InChI=1S/C23H35ClN4O4S/c1-18-4-3-5-21(28(18)33(30,31)22-8-6-19(24)7-9-22)17-32-23(29)27-11-10-20(16-27)26-14-12-25(2)13-15-26/h6-9,18,20-21H,3-5,10-17H2,1-2H3/t18-,20?,21-/m1/s1. The molecule has 4 rings (SSSR count). The average Bonchev–Trinajstić information content (AvgIpc) is 3.28. The largest absolute Gasteiger partial charge is 0.448 e. The lowest BCUT2D eigenvalue weighted by Crippen LogP contribution is -2.51.